The van der Waals surface area contributed by atoms with Gasteiger partial charge in [0.1, 0.15) is 17.1 Å². The molecule has 0 saturated heterocycles. The van der Waals surface area contributed by atoms with E-state index in [2.05, 4.69) is 5.32 Å². The predicted octanol–water partition coefficient (Wildman–Crippen LogP) is 4.66. The summed E-state index contributed by atoms with van der Waals surface area (Å²) >= 11 is 0. The van der Waals surface area contributed by atoms with Gasteiger partial charge in [-0.2, -0.15) is 0 Å². The lowest BCUT2D eigenvalue weighted by atomic mass is 9.99. The number of ether oxygens (including phenoxy) is 2. The van der Waals surface area contributed by atoms with Crippen molar-refractivity contribution in [1.29, 1.82) is 0 Å². The zero-order valence-corrected chi connectivity index (χ0v) is 16.0. The number of fused-ring (bicyclic) bond motifs is 1. The van der Waals surface area contributed by atoms with Crippen molar-refractivity contribution in [3.05, 3.63) is 54.3 Å². The Morgan fingerprint density at radius 1 is 1.15 bits per heavy atom. The average molecular weight is 365 g/mol. The minimum atomic E-state index is -0.125. The van der Waals surface area contributed by atoms with E-state index in [1.807, 2.05) is 50.2 Å². The zero-order chi connectivity index (χ0) is 19.4. The number of nitrogens with one attached hydrogen (secondary N) is 1. The van der Waals surface area contributed by atoms with Gasteiger partial charge in [-0.1, -0.05) is 12.1 Å². The van der Waals surface area contributed by atoms with E-state index in [0.29, 0.717) is 12.3 Å². The molecule has 1 aromatic heterocycles. The number of methoxy groups -OCH3 is 2. The van der Waals surface area contributed by atoms with Crippen molar-refractivity contribution >= 4 is 22.4 Å². The second-order valence-corrected chi connectivity index (χ2v) is 6.15. The minimum Gasteiger partial charge on any atom is -0.497 e. The summed E-state index contributed by atoms with van der Waals surface area (Å²) in [6, 6.07) is 11.7. The largest absolute Gasteiger partial charge is 0.497 e. The Labute approximate surface area is 158 Å². The molecule has 2 aromatic carbocycles. The summed E-state index contributed by atoms with van der Waals surface area (Å²) in [6.07, 6.45) is 3.32. The highest BCUT2D eigenvalue weighted by Gasteiger charge is 2.15. The van der Waals surface area contributed by atoms with E-state index in [4.69, 9.17) is 13.9 Å². The summed E-state index contributed by atoms with van der Waals surface area (Å²) in [5.41, 5.74) is 4.40. The molecule has 0 unspecified atom stereocenters. The van der Waals surface area contributed by atoms with Gasteiger partial charge in [-0.05, 0) is 43.2 Å². The molecule has 0 aliphatic rings. The average Bonchev–Trinajstić information content (AvgIpc) is 3.10. The van der Waals surface area contributed by atoms with Gasteiger partial charge in [-0.15, -0.1) is 0 Å². The molecule has 3 aromatic rings. The fourth-order valence-electron chi connectivity index (χ4n) is 3.03. The molecule has 1 amide bonds. The molecule has 0 atom stereocenters. The summed E-state index contributed by atoms with van der Waals surface area (Å²) in [4.78, 5) is 11.9. The Morgan fingerprint density at radius 2 is 1.89 bits per heavy atom. The van der Waals surface area contributed by atoms with Gasteiger partial charge in [0.2, 0.25) is 5.91 Å². The highest BCUT2D eigenvalue weighted by Crippen LogP contribution is 2.37. The highest BCUT2D eigenvalue weighted by molar-refractivity contribution is 6.00. The third-order valence-corrected chi connectivity index (χ3v) is 4.42. The second kappa shape index (κ2) is 7.99. The van der Waals surface area contributed by atoms with Crippen molar-refractivity contribution < 1.29 is 18.7 Å². The fourth-order valence-corrected chi connectivity index (χ4v) is 3.03. The number of allylic oxidation sites excluding steroid dienone is 1. The topological polar surface area (TPSA) is 60.7 Å². The Kier molecular flexibility index (Phi) is 5.50. The van der Waals surface area contributed by atoms with Crippen molar-refractivity contribution in [1.82, 2.24) is 5.32 Å². The van der Waals surface area contributed by atoms with Crippen LogP contribution in [0.2, 0.25) is 0 Å². The molecular weight excluding hydrogens is 342 g/mol. The van der Waals surface area contributed by atoms with E-state index in [0.717, 1.165) is 39.0 Å². The smallest absolute Gasteiger partial charge is 0.244 e. The van der Waals surface area contributed by atoms with E-state index < -0.39 is 0 Å². The highest BCUT2D eigenvalue weighted by atomic mass is 16.5. The van der Waals surface area contributed by atoms with Crippen LogP contribution >= 0.6 is 0 Å². The number of likely N-dealkylation sites (N-methyl/N-ethyl adjacent to an activating group) is 1. The molecule has 27 heavy (non-hydrogen) atoms. The van der Waals surface area contributed by atoms with E-state index in [1.54, 1.807) is 26.6 Å². The molecule has 140 valence electrons. The number of hydrogen-bond acceptors (Lipinski definition) is 4. The van der Waals surface area contributed by atoms with Crippen molar-refractivity contribution in [2.24, 2.45) is 0 Å². The molecule has 5 heteroatoms. The lowest BCUT2D eigenvalue weighted by molar-refractivity contribution is -0.116. The van der Waals surface area contributed by atoms with Gasteiger partial charge >= 0.3 is 0 Å². The maximum Gasteiger partial charge on any atom is 0.244 e. The Hall–Kier alpha value is -3.21. The van der Waals surface area contributed by atoms with Crippen LogP contribution in [0.15, 0.2) is 53.2 Å². The third kappa shape index (κ3) is 3.82. The molecule has 0 aliphatic heterocycles. The maximum absolute atomic E-state index is 11.9. The van der Waals surface area contributed by atoms with Gasteiger partial charge < -0.3 is 19.2 Å². The third-order valence-electron chi connectivity index (χ3n) is 4.42. The normalized spacial score (nSPS) is 11.5. The Bertz CT molecular complexity index is 983. The minimum absolute atomic E-state index is 0.125. The first kappa shape index (κ1) is 18.6. The lowest BCUT2D eigenvalue weighted by Crippen LogP contribution is -2.20. The van der Waals surface area contributed by atoms with Crippen LogP contribution in [0.25, 0.3) is 27.7 Å². The molecule has 1 heterocycles. The Morgan fingerprint density at radius 3 is 2.52 bits per heavy atom. The molecule has 0 saturated carbocycles. The maximum atomic E-state index is 11.9. The number of furan rings is 1. The molecule has 0 aliphatic carbocycles. The van der Waals surface area contributed by atoms with Crippen LogP contribution in [0.4, 0.5) is 0 Å². The SMILES string of the molecule is CCNC(=O)/C=C(\C)c1cc2c(-c3ccc(OC)cc3)coc2cc1OC. The summed E-state index contributed by atoms with van der Waals surface area (Å²) in [7, 11) is 3.25. The van der Waals surface area contributed by atoms with Crippen LogP contribution in [-0.4, -0.2) is 26.7 Å². The predicted molar refractivity (Wildman–Crippen MR) is 107 cm³/mol. The van der Waals surface area contributed by atoms with Crippen LogP contribution < -0.4 is 14.8 Å². The molecule has 0 bridgehead atoms. The van der Waals surface area contributed by atoms with Crippen molar-refractivity contribution in [2.75, 3.05) is 20.8 Å². The van der Waals surface area contributed by atoms with Crippen LogP contribution in [0.1, 0.15) is 19.4 Å². The van der Waals surface area contributed by atoms with Crippen LogP contribution in [-0.2, 0) is 4.79 Å². The van der Waals surface area contributed by atoms with Gasteiger partial charge in [0.15, 0.2) is 0 Å². The number of amides is 1. The molecule has 0 radical (unpaired) electrons. The van der Waals surface area contributed by atoms with Crippen molar-refractivity contribution in [3.8, 4) is 22.6 Å². The van der Waals surface area contributed by atoms with E-state index in [1.165, 1.54) is 0 Å². The summed E-state index contributed by atoms with van der Waals surface area (Å²) in [6.45, 7) is 4.37. The first-order chi connectivity index (χ1) is 13.1. The van der Waals surface area contributed by atoms with Gasteiger partial charge in [0.25, 0.3) is 0 Å². The zero-order valence-electron chi connectivity index (χ0n) is 16.0. The molecule has 5 nitrogen and oxygen atoms in total. The molecular formula is C22H23NO4. The molecule has 0 fully saturated rings. The van der Waals surface area contributed by atoms with Crippen molar-refractivity contribution in [2.45, 2.75) is 13.8 Å². The number of benzene rings is 2. The first-order valence-corrected chi connectivity index (χ1v) is 8.77. The quantitative estimate of drug-likeness (QED) is 0.646. The van der Waals surface area contributed by atoms with Crippen molar-refractivity contribution in [3.63, 3.8) is 0 Å². The van der Waals surface area contributed by atoms with E-state index in [-0.39, 0.29) is 5.91 Å². The van der Waals surface area contributed by atoms with Gasteiger partial charge in [0, 0.05) is 35.2 Å². The summed E-state index contributed by atoms with van der Waals surface area (Å²) < 4.78 is 16.5. The van der Waals surface area contributed by atoms with Crippen LogP contribution in [0.5, 0.6) is 11.5 Å². The van der Waals surface area contributed by atoms with Gasteiger partial charge in [0.05, 0.1) is 20.5 Å². The van der Waals surface area contributed by atoms with E-state index >= 15 is 0 Å². The van der Waals surface area contributed by atoms with Crippen LogP contribution in [0, 0.1) is 0 Å². The van der Waals surface area contributed by atoms with E-state index in [9.17, 15) is 4.79 Å². The number of rotatable bonds is 6. The fraction of sp³-hybridized carbons (Fsp3) is 0.227. The van der Waals surface area contributed by atoms with Crippen LogP contribution in [0.3, 0.4) is 0 Å². The molecule has 1 N–H and O–H groups in total. The first-order valence-electron chi connectivity index (χ1n) is 8.77. The lowest BCUT2D eigenvalue weighted by Gasteiger charge is -2.10. The number of carbonyl (C=O) groups excluding carboxylic acids is 1. The number of carbonyl (C=O) groups is 1. The van der Waals surface area contributed by atoms with Gasteiger partial charge in [-0.3, -0.25) is 4.79 Å². The molecule has 0 spiro atoms. The summed E-state index contributed by atoms with van der Waals surface area (Å²) in [5, 5.41) is 3.74. The molecule has 3 rings (SSSR count). The summed E-state index contributed by atoms with van der Waals surface area (Å²) in [5.74, 6) is 1.34. The monoisotopic (exact) mass is 365 g/mol. The standard InChI is InChI=1S/C22H23NO4/c1-5-23-22(24)10-14(2)17-11-18-19(13-27-21(18)12-20(17)26-4)15-6-8-16(25-3)9-7-15/h6-13H,5H2,1-4H3,(H,23,24)/b14-10+. The van der Waals surface area contributed by atoms with Gasteiger partial charge in [-0.25, -0.2) is 0 Å². The Balaban J connectivity index is 2.10. The number of hydrogen-bond donors (Lipinski definition) is 1. The second-order valence-electron chi connectivity index (χ2n) is 6.15.